The summed E-state index contributed by atoms with van der Waals surface area (Å²) in [4.78, 5) is 17.9. The standard InChI is InChI=1S/C23H41NO5Si/c1-17(15-28-16-19-11-13-20(26-7)14-12-19)21(18(2)22(25)24(6)27-8)29-30(9,10)23(3,4)5/h11-14,17-18,21H,15-16H2,1-10H3/t17-,18+,21-/m1/s1. The van der Waals surface area contributed by atoms with Crippen LogP contribution in [-0.4, -0.2) is 53.3 Å². The molecule has 0 bridgehead atoms. The van der Waals surface area contributed by atoms with Gasteiger partial charge in [0.2, 0.25) is 0 Å². The SMILES string of the molecule is COc1ccc(COC[C@@H](C)[C@@H](O[Si](C)(C)C(C)(C)C)[C@H](C)C(=O)N(C)OC)cc1. The molecule has 30 heavy (non-hydrogen) atoms. The number of carbonyl (C=O) groups is 1. The van der Waals surface area contributed by atoms with Gasteiger partial charge < -0.3 is 13.9 Å². The van der Waals surface area contributed by atoms with Gasteiger partial charge in [-0.2, -0.15) is 0 Å². The molecule has 7 heteroatoms. The molecule has 0 unspecified atom stereocenters. The lowest BCUT2D eigenvalue weighted by atomic mass is 9.93. The Morgan fingerprint density at radius 2 is 1.67 bits per heavy atom. The van der Waals surface area contributed by atoms with Crippen LogP contribution in [0.1, 0.15) is 40.2 Å². The third-order valence-electron chi connectivity index (χ3n) is 6.07. The van der Waals surface area contributed by atoms with Gasteiger partial charge in [-0.15, -0.1) is 0 Å². The zero-order valence-electron chi connectivity index (χ0n) is 20.4. The molecule has 1 amide bonds. The first-order valence-electron chi connectivity index (χ1n) is 10.5. The van der Waals surface area contributed by atoms with Gasteiger partial charge in [0.25, 0.3) is 5.91 Å². The number of carbonyl (C=O) groups excluding carboxylic acids is 1. The molecule has 0 spiro atoms. The summed E-state index contributed by atoms with van der Waals surface area (Å²) < 4.78 is 17.9. The fourth-order valence-corrected chi connectivity index (χ4v) is 4.39. The summed E-state index contributed by atoms with van der Waals surface area (Å²) >= 11 is 0. The molecule has 172 valence electrons. The Hall–Kier alpha value is -1.41. The second-order valence-electron chi connectivity index (χ2n) is 9.49. The Bertz CT molecular complexity index is 657. The van der Waals surface area contributed by atoms with Gasteiger partial charge in [0.05, 0.1) is 39.5 Å². The fraction of sp³-hybridized carbons (Fsp3) is 0.696. The van der Waals surface area contributed by atoms with Crippen molar-refractivity contribution in [1.29, 1.82) is 0 Å². The number of nitrogens with zero attached hydrogens (tertiary/aromatic N) is 1. The van der Waals surface area contributed by atoms with E-state index >= 15 is 0 Å². The van der Waals surface area contributed by atoms with Crippen molar-refractivity contribution in [3.8, 4) is 5.75 Å². The lowest BCUT2D eigenvalue weighted by molar-refractivity contribution is -0.177. The van der Waals surface area contributed by atoms with Crippen molar-refractivity contribution >= 4 is 14.2 Å². The first-order chi connectivity index (χ1) is 13.8. The quantitative estimate of drug-likeness (QED) is 0.363. The maximum Gasteiger partial charge on any atom is 0.251 e. The molecule has 0 saturated carbocycles. The predicted octanol–water partition coefficient (Wildman–Crippen LogP) is 4.89. The van der Waals surface area contributed by atoms with Gasteiger partial charge in [-0.3, -0.25) is 9.63 Å². The summed E-state index contributed by atoms with van der Waals surface area (Å²) in [5.41, 5.74) is 1.08. The minimum atomic E-state index is -2.08. The Morgan fingerprint density at radius 1 is 1.10 bits per heavy atom. The summed E-state index contributed by atoms with van der Waals surface area (Å²) in [6.07, 6.45) is -0.258. The van der Waals surface area contributed by atoms with Crippen LogP contribution in [0, 0.1) is 11.8 Å². The molecule has 3 atom stereocenters. The summed E-state index contributed by atoms with van der Waals surface area (Å²) in [6, 6.07) is 7.83. The van der Waals surface area contributed by atoms with Crippen LogP contribution in [0.25, 0.3) is 0 Å². The maximum absolute atomic E-state index is 12.8. The van der Waals surface area contributed by atoms with Gasteiger partial charge in [0.15, 0.2) is 8.32 Å². The monoisotopic (exact) mass is 439 g/mol. The van der Waals surface area contributed by atoms with Crippen molar-refractivity contribution < 1.29 is 23.5 Å². The summed E-state index contributed by atoms with van der Waals surface area (Å²) in [5, 5.41) is 1.32. The lowest BCUT2D eigenvalue weighted by Crippen LogP contribution is -2.50. The van der Waals surface area contributed by atoms with Gasteiger partial charge in [-0.1, -0.05) is 46.8 Å². The van der Waals surface area contributed by atoms with Crippen molar-refractivity contribution in [2.45, 2.75) is 65.5 Å². The van der Waals surface area contributed by atoms with E-state index in [0.29, 0.717) is 13.2 Å². The van der Waals surface area contributed by atoms with Crippen LogP contribution in [0.2, 0.25) is 18.1 Å². The maximum atomic E-state index is 12.8. The number of hydrogen-bond donors (Lipinski definition) is 0. The van der Waals surface area contributed by atoms with Crippen LogP contribution in [-0.2, 0) is 25.4 Å². The van der Waals surface area contributed by atoms with Crippen LogP contribution in [0.15, 0.2) is 24.3 Å². The summed E-state index contributed by atoms with van der Waals surface area (Å²) in [5.74, 6) is 0.429. The molecule has 1 aromatic rings. The predicted molar refractivity (Wildman–Crippen MR) is 123 cm³/mol. The molecule has 0 aliphatic carbocycles. The first-order valence-corrected chi connectivity index (χ1v) is 13.4. The van der Waals surface area contributed by atoms with Gasteiger partial charge in [-0.25, -0.2) is 5.06 Å². The molecule has 0 heterocycles. The van der Waals surface area contributed by atoms with E-state index in [0.717, 1.165) is 11.3 Å². The average Bonchev–Trinajstić information content (AvgIpc) is 2.69. The molecule has 0 fully saturated rings. The molecule has 0 aliphatic heterocycles. The highest BCUT2D eigenvalue weighted by Crippen LogP contribution is 2.39. The lowest BCUT2D eigenvalue weighted by Gasteiger charge is -2.42. The third kappa shape index (κ3) is 7.37. The molecule has 0 N–H and O–H groups in total. The Balaban J connectivity index is 2.89. The smallest absolute Gasteiger partial charge is 0.251 e. The molecule has 0 aliphatic rings. The molecule has 0 radical (unpaired) electrons. The number of hydroxylamine groups is 2. The molecule has 1 aromatic carbocycles. The van der Waals surface area contributed by atoms with Gasteiger partial charge in [-0.05, 0) is 35.8 Å². The zero-order valence-corrected chi connectivity index (χ0v) is 21.4. The van der Waals surface area contributed by atoms with Crippen molar-refractivity contribution in [1.82, 2.24) is 5.06 Å². The van der Waals surface area contributed by atoms with E-state index in [1.54, 1.807) is 14.2 Å². The third-order valence-corrected chi connectivity index (χ3v) is 10.5. The number of methoxy groups -OCH3 is 1. The van der Waals surface area contributed by atoms with E-state index in [2.05, 4.69) is 40.8 Å². The largest absolute Gasteiger partial charge is 0.497 e. The van der Waals surface area contributed by atoms with Crippen molar-refractivity contribution in [3.05, 3.63) is 29.8 Å². The van der Waals surface area contributed by atoms with Gasteiger partial charge in [0.1, 0.15) is 5.75 Å². The Morgan fingerprint density at radius 3 is 2.13 bits per heavy atom. The first kappa shape index (κ1) is 26.6. The number of amides is 1. The summed E-state index contributed by atoms with van der Waals surface area (Å²) in [7, 11) is 2.70. The Labute approximate surface area is 183 Å². The van der Waals surface area contributed by atoms with Crippen LogP contribution >= 0.6 is 0 Å². The number of rotatable bonds is 11. The average molecular weight is 440 g/mol. The van der Waals surface area contributed by atoms with E-state index < -0.39 is 8.32 Å². The molecule has 1 rings (SSSR count). The van der Waals surface area contributed by atoms with E-state index in [9.17, 15) is 4.79 Å². The van der Waals surface area contributed by atoms with Crippen LogP contribution in [0.5, 0.6) is 5.75 Å². The summed E-state index contributed by atoms with van der Waals surface area (Å²) in [6.45, 7) is 16.0. The minimum absolute atomic E-state index is 0.0431. The topological polar surface area (TPSA) is 57.2 Å². The van der Waals surface area contributed by atoms with E-state index in [4.69, 9.17) is 18.7 Å². The Kier molecular flexibility index (Phi) is 10.0. The van der Waals surface area contributed by atoms with Crippen molar-refractivity contribution in [3.63, 3.8) is 0 Å². The highest BCUT2D eigenvalue weighted by molar-refractivity contribution is 6.74. The fourth-order valence-electron chi connectivity index (χ4n) is 2.92. The van der Waals surface area contributed by atoms with Gasteiger partial charge >= 0.3 is 0 Å². The zero-order chi connectivity index (χ0) is 23.1. The molecular weight excluding hydrogens is 398 g/mol. The highest BCUT2D eigenvalue weighted by Gasteiger charge is 2.43. The number of benzene rings is 1. The molecular formula is C23H41NO5Si. The van der Waals surface area contributed by atoms with Crippen LogP contribution in [0.3, 0.4) is 0 Å². The second-order valence-corrected chi connectivity index (χ2v) is 14.2. The number of ether oxygens (including phenoxy) is 2. The number of hydrogen-bond acceptors (Lipinski definition) is 5. The molecule has 6 nitrogen and oxygen atoms in total. The highest BCUT2D eigenvalue weighted by atomic mass is 28.4. The minimum Gasteiger partial charge on any atom is -0.497 e. The van der Waals surface area contributed by atoms with Crippen molar-refractivity contribution in [2.75, 3.05) is 27.9 Å². The van der Waals surface area contributed by atoms with Gasteiger partial charge in [0, 0.05) is 13.0 Å². The van der Waals surface area contributed by atoms with E-state index in [-0.39, 0.29) is 28.9 Å². The van der Waals surface area contributed by atoms with E-state index in [1.807, 2.05) is 31.2 Å². The molecule has 0 aromatic heterocycles. The van der Waals surface area contributed by atoms with Crippen LogP contribution in [0.4, 0.5) is 0 Å². The second kappa shape index (κ2) is 11.3. The molecule has 0 saturated heterocycles. The van der Waals surface area contributed by atoms with Crippen LogP contribution < -0.4 is 4.74 Å². The normalized spacial score (nSPS) is 15.4. The van der Waals surface area contributed by atoms with Crippen molar-refractivity contribution in [2.24, 2.45) is 11.8 Å². The van der Waals surface area contributed by atoms with E-state index in [1.165, 1.54) is 12.2 Å².